The molecule has 0 spiro atoms. The van der Waals surface area contributed by atoms with Crippen LogP contribution >= 0.6 is 11.3 Å². The molecule has 3 heterocycles. The number of aromatic nitrogens is 3. The third-order valence-corrected chi connectivity index (χ3v) is 3.83. The second-order valence-corrected chi connectivity index (χ2v) is 5.12. The first-order chi connectivity index (χ1) is 9.69. The van der Waals surface area contributed by atoms with Crippen LogP contribution in [0, 0.1) is 0 Å². The highest BCUT2D eigenvalue weighted by Crippen LogP contribution is 2.30. The molecule has 2 unspecified atom stereocenters. The molecule has 2 aromatic rings. The molecule has 20 heavy (non-hydrogen) atoms. The number of nitrogens with zero attached hydrogens (tertiary/aromatic N) is 3. The van der Waals surface area contributed by atoms with Crippen LogP contribution in [0.5, 0.6) is 0 Å². The largest absolute Gasteiger partial charge is 0.394 e. The van der Waals surface area contributed by atoms with Crippen LogP contribution in [0.25, 0.3) is 10.3 Å². The second kappa shape index (κ2) is 6.29. The van der Waals surface area contributed by atoms with Crippen molar-refractivity contribution in [1.29, 1.82) is 0 Å². The van der Waals surface area contributed by atoms with Gasteiger partial charge in [-0.25, -0.2) is 4.98 Å². The van der Waals surface area contributed by atoms with Crippen molar-refractivity contribution in [3.63, 3.8) is 0 Å². The summed E-state index contributed by atoms with van der Waals surface area (Å²) in [6.45, 7) is 3.96. The van der Waals surface area contributed by atoms with Crippen LogP contribution in [-0.2, 0) is 4.74 Å². The molecule has 3 N–H and O–H groups in total. The number of nitrogens with two attached hydrogens (primary N) is 1. The van der Waals surface area contributed by atoms with Crippen molar-refractivity contribution in [3.8, 4) is 0 Å². The van der Waals surface area contributed by atoms with Crippen molar-refractivity contribution >= 4 is 27.6 Å². The lowest BCUT2D eigenvalue weighted by atomic mass is 10.2. The van der Waals surface area contributed by atoms with Gasteiger partial charge in [0.05, 0.1) is 23.6 Å². The van der Waals surface area contributed by atoms with E-state index in [1.165, 1.54) is 4.57 Å². The Hall–Kier alpha value is -1.51. The predicted molar refractivity (Wildman–Crippen MR) is 77.7 cm³/mol. The number of aliphatic hydroxyl groups is 1. The van der Waals surface area contributed by atoms with Gasteiger partial charge < -0.3 is 15.6 Å². The quantitative estimate of drug-likeness (QED) is 0.861. The predicted octanol–water partition coefficient (Wildman–Crippen LogP) is 1.13. The molecule has 0 saturated carbocycles. The van der Waals surface area contributed by atoms with Gasteiger partial charge in [-0.15, -0.1) is 0 Å². The van der Waals surface area contributed by atoms with Crippen molar-refractivity contribution in [2.45, 2.75) is 39.0 Å². The van der Waals surface area contributed by atoms with E-state index in [1.807, 2.05) is 13.8 Å². The summed E-state index contributed by atoms with van der Waals surface area (Å²) in [4.78, 5) is 19.8. The van der Waals surface area contributed by atoms with Crippen molar-refractivity contribution in [1.82, 2.24) is 14.5 Å². The van der Waals surface area contributed by atoms with Crippen LogP contribution in [0.4, 0.5) is 5.95 Å². The molecule has 3 rings (SSSR count). The average molecular weight is 298 g/mol. The fourth-order valence-electron chi connectivity index (χ4n) is 2.11. The number of hydrogen-bond acceptors (Lipinski definition) is 7. The van der Waals surface area contributed by atoms with E-state index in [-0.39, 0.29) is 29.8 Å². The normalized spacial score (nSPS) is 21.8. The van der Waals surface area contributed by atoms with Gasteiger partial charge in [0.2, 0.25) is 5.95 Å². The number of fused-ring (bicyclic) bond motifs is 1. The molecule has 110 valence electrons. The van der Waals surface area contributed by atoms with Gasteiger partial charge in [0.1, 0.15) is 6.23 Å². The van der Waals surface area contributed by atoms with E-state index in [0.29, 0.717) is 16.8 Å². The van der Waals surface area contributed by atoms with E-state index in [4.69, 9.17) is 15.6 Å². The second-order valence-electron chi connectivity index (χ2n) is 4.13. The zero-order valence-electron chi connectivity index (χ0n) is 11.4. The highest BCUT2D eigenvalue weighted by molar-refractivity contribution is 7.16. The Morgan fingerprint density at radius 1 is 1.55 bits per heavy atom. The molecule has 1 saturated heterocycles. The van der Waals surface area contributed by atoms with Crippen LogP contribution < -0.4 is 10.6 Å². The van der Waals surface area contributed by atoms with Crippen molar-refractivity contribution < 1.29 is 9.84 Å². The number of nitrogen functional groups attached to an aromatic ring is 1. The lowest BCUT2D eigenvalue weighted by molar-refractivity contribution is -0.0214. The summed E-state index contributed by atoms with van der Waals surface area (Å²) in [5.41, 5.74) is 6.04. The van der Waals surface area contributed by atoms with Crippen LogP contribution in [0.2, 0.25) is 0 Å². The lowest BCUT2D eigenvalue weighted by Gasteiger charge is -2.13. The van der Waals surface area contributed by atoms with E-state index in [2.05, 4.69) is 9.97 Å². The molecule has 1 aliphatic rings. The summed E-state index contributed by atoms with van der Waals surface area (Å²) in [5.74, 6) is 0.130. The first-order valence-corrected chi connectivity index (χ1v) is 7.40. The molecule has 8 heteroatoms. The van der Waals surface area contributed by atoms with Crippen LogP contribution in [0.1, 0.15) is 32.9 Å². The molecule has 0 bridgehead atoms. The van der Waals surface area contributed by atoms with Crippen LogP contribution in [-0.4, -0.2) is 32.4 Å². The van der Waals surface area contributed by atoms with Gasteiger partial charge in [0.25, 0.3) is 0 Å². The van der Waals surface area contributed by atoms with Gasteiger partial charge in [-0.2, -0.15) is 4.98 Å². The Labute approximate surface area is 120 Å². The highest BCUT2D eigenvalue weighted by Gasteiger charge is 2.29. The zero-order chi connectivity index (χ0) is 14.7. The Kier molecular flexibility index (Phi) is 4.69. The Morgan fingerprint density at radius 2 is 2.30 bits per heavy atom. The molecule has 2 aromatic heterocycles. The van der Waals surface area contributed by atoms with Gasteiger partial charge in [-0.1, -0.05) is 25.2 Å². The number of aliphatic hydroxyl groups excluding tert-OH is 1. The van der Waals surface area contributed by atoms with Gasteiger partial charge in [-0.05, 0) is 12.8 Å². The Morgan fingerprint density at radius 3 is 2.95 bits per heavy atom. The monoisotopic (exact) mass is 298 g/mol. The SMILES string of the molecule is CC.Nc1ncc2sc(=O)n(C3CCC(CO)O3)c2n1. The number of ether oxygens (including phenoxy) is 1. The van der Waals surface area contributed by atoms with Crippen molar-refractivity contribution in [2.75, 3.05) is 12.3 Å². The molecule has 2 atom stereocenters. The third kappa shape index (κ3) is 2.67. The average Bonchev–Trinajstić information content (AvgIpc) is 3.04. The molecular weight excluding hydrogens is 280 g/mol. The van der Waals surface area contributed by atoms with Gasteiger partial charge in [0, 0.05) is 0 Å². The molecule has 0 radical (unpaired) electrons. The molecule has 1 fully saturated rings. The fourth-order valence-corrected chi connectivity index (χ4v) is 2.95. The summed E-state index contributed by atoms with van der Waals surface area (Å²) in [5, 5.41) is 9.05. The van der Waals surface area contributed by atoms with Crippen molar-refractivity contribution in [2.24, 2.45) is 0 Å². The summed E-state index contributed by atoms with van der Waals surface area (Å²) in [6.07, 6.45) is 2.36. The number of anilines is 1. The van der Waals surface area contributed by atoms with E-state index >= 15 is 0 Å². The minimum atomic E-state index is -0.377. The van der Waals surface area contributed by atoms with Crippen LogP contribution in [0.3, 0.4) is 0 Å². The topological polar surface area (TPSA) is 103 Å². The van der Waals surface area contributed by atoms with Crippen LogP contribution in [0.15, 0.2) is 11.0 Å². The number of hydrogen-bond donors (Lipinski definition) is 2. The van der Waals surface area contributed by atoms with Crippen molar-refractivity contribution in [3.05, 3.63) is 15.9 Å². The maximum Gasteiger partial charge on any atom is 0.311 e. The standard InChI is InChI=1S/C10H12N4O3S.C2H6/c11-9-12-3-6-8(13-9)14(10(16)18-6)7-2-1-5(4-15)17-7;1-2/h3,5,7,15H,1-2,4H2,(H2,11,12,13);1-2H3. The summed E-state index contributed by atoms with van der Waals surface area (Å²) in [7, 11) is 0. The maximum absolute atomic E-state index is 12.0. The highest BCUT2D eigenvalue weighted by atomic mass is 32.1. The van der Waals surface area contributed by atoms with E-state index < -0.39 is 0 Å². The number of thiazole rings is 1. The zero-order valence-corrected chi connectivity index (χ0v) is 12.3. The summed E-state index contributed by atoms with van der Waals surface area (Å²) < 4.78 is 7.78. The molecule has 1 aliphatic heterocycles. The molecule has 0 aliphatic carbocycles. The minimum absolute atomic E-state index is 0.0373. The molecule has 0 aromatic carbocycles. The minimum Gasteiger partial charge on any atom is -0.394 e. The van der Waals surface area contributed by atoms with Gasteiger partial charge in [-0.3, -0.25) is 9.36 Å². The van der Waals surface area contributed by atoms with Gasteiger partial charge in [0.15, 0.2) is 5.65 Å². The van der Waals surface area contributed by atoms with Gasteiger partial charge >= 0.3 is 4.87 Å². The first kappa shape index (κ1) is 14.9. The molecular formula is C12H18N4O3S. The summed E-state index contributed by atoms with van der Waals surface area (Å²) in [6, 6.07) is 0. The maximum atomic E-state index is 12.0. The Balaban J connectivity index is 0.000000704. The molecule has 7 nitrogen and oxygen atoms in total. The summed E-state index contributed by atoms with van der Waals surface area (Å²) >= 11 is 1.07. The number of rotatable bonds is 2. The van der Waals surface area contributed by atoms with E-state index in [9.17, 15) is 4.79 Å². The van der Waals surface area contributed by atoms with E-state index in [0.717, 1.165) is 17.8 Å². The van der Waals surface area contributed by atoms with E-state index in [1.54, 1.807) is 6.20 Å². The third-order valence-electron chi connectivity index (χ3n) is 2.95. The lowest BCUT2D eigenvalue weighted by Crippen LogP contribution is -2.21. The first-order valence-electron chi connectivity index (χ1n) is 6.59. The molecule has 0 amide bonds. The Bertz CT molecular complexity index is 639. The fraction of sp³-hybridized carbons (Fsp3) is 0.583. The smallest absolute Gasteiger partial charge is 0.311 e.